The zero-order chi connectivity index (χ0) is 23.0. The van der Waals surface area contributed by atoms with Gasteiger partial charge in [-0.1, -0.05) is 30.3 Å². The minimum Gasteiger partial charge on any atom is -0.371 e. The molecule has 0 saturated carbocycles. The van der Waals surface area contributed by atoms with Gasteiger partial charge in [-0.25, -0.2) is 0 Å². The topological polar surface area (TPSA) is 50.6 Å². The largest absolute Gasteiger partial charge is 0.391 e. The van der Waals surface area contributed by atoms with Gasteiger partial charge in [-0.2, -0.15) is 18.2 Å². The molecule has 1 aromatic heterocycles. The number of anilines is 2. The van der Waals surface area contributed by atoms with Crippen molar-refractivity contribution in [2.45, 2.75) is 69.5 Å². The number of aromatic nitrogens is 2. The van der Waals surface area contributed by atoms with Crippen molar-refractivity contribution in [1.29, 1.82) is 0 Å². The van der Waals surface area contributed by atoms with Gasteiger partial charge in [0.1, 0.15) is 5.82 Å². The van der Waals surface area contributed by atoms with Crippen molar-refractivity contribution in [2.75, 3.05) is 29.4 Å². The van der Waals surface area contributed by atoms with Crippen LogP contribution in [0.4, 0.5) is 24.9 Å². The lowest BCUT2D eigenvalue weighted by atomic mass is 10.0. The summed E-state index contributed by atoms with van der Waals surface area (Å²) >= 11 is 0. The summed E-state index contributed by atoms with van der Waals surface area (Å²) in [5.41, 5.74) is 0.942. The third-order valence-corrected chi connectivity index (χ3v) is 6.90. The molecule has 33 heavy (non-hydrogen) atoms. The average Bonchev–Trinajstić information content (AvgIpc) is 3.12. The van der Waals surface area contributed by atoms with E-state index in [2.05, 4.69) is 4.90 Å². The lowest BCUT2D eigenvalue weighted by molar-refractivity contribution is -0.139. The molecule has 2 saturated heterocycles. The molecule has 2 aromatic rings. The first-order chi connectivity index (χ1) is 15.9. The Bertz CT molecular complexity index is 1010. The first-order valence-corrected chi connectivity index (χ1v) is 11.8. The maximum Gasteiger partial charge on any atom is 0.391 e. The van der Waals surface area contributed by atoms with E-state index in [1.165, 1.54) is 10.6 Å². The lowest BCUT2D eigenvalue weighted by Gasteiger charge is -2.40. The van der Waals surface area contributed by atoms with Crippen LogP contribution in [-0.4, -0.2) is 53.6 Å². The van der Waals surface area contributed by atoms with Crippen LogP contribution >= 0.6 is 0 Å². The number of benzene rings is 1. The lowest BCUT2D eigenvalue weighted by Crippen LogP contribution is -2.49. The van der Waals surface area contributed by atoms with Gasteiger partial charge in [0.2, 0.25) is 5.95 Å². The standard InChI is InChI=1S/C24H29F3N4O2/c25-24(26,27)14-18-10-12-31-22(32)13-21(29-15-19-8-9-20(16-29)33-19)28-23(31)30(18)11-4-7-17-5-2-1-3-6-17/h1-3,5-6,13,18-20H,4,7-12,14-16H2/t18-,19?,20?/m0/s1. The van der Waals surface area contributed by atoms with Gasteiger partial charge in [-0.15, -0.1) is 0 Å². The van der Waals surface area contributed by atoms with E-state index in [1.54, 1.807) is 4.90 Å². The van der Waals surface area contributed by atoms with Gasteiger partial charge in [0, 0.05) is 38.3 Å². The third-order valence-electron chi connectivity index (χ3n) is 6.90. The van der Waals surface area contributed by atoms with Crippen LogP contribution < -0.4 is 15.4 Å². The summed E-state index contributed by atoms with van der Waals surface area (Å²) < 4.78 is 47.6. The van der Waals surface area contributed by atoms with Crippen LogP contribution in [0.2, 0.25) is 0 Å². The summed E-state index contributed by atoms with van der Waals surface area (Å²) in [6.07, 6.45) is -1.22. The van der Waals surface area contributed by atoms with Gasteiger partial charge in [0.15, 0.2) is 0 Å². The Kier molecular flexibility index (Phi) is 6.07. The predicted octanol–water partition coefficient (Wildman–Crippen LogP) is 3.77. The number of rotatable bonds is 6. The molecule has 2 bridgehead atoms. The molecule has 0 spiro atoms. The number of aryl methyl sites for hydroxylation is 1. The Morgan fingerprint density at radius 2 is 1.79 bits per heavy atom. The molecular weight excluding hydrogens is 433 g/mol. The smallest absolute Gasteiger partial charge is 0.371 e. The maximum atomic E-state index is 13.4. The molecule has 5 rings (SSSR count). The molecule has 6 nitrogen and oxygen atoms in total. The molecule has 3 aliphatic heterocycles. The van der Waals surface area contributed by atoms with Crippen molar-refractivity contribution in [1.82, 2.24) is 9.55 Å². The van der Waals surface area contributed by atoms with Crippen LogP contribution in [0.15, 0.2) is 41.2 Å². The summed E-state index contributed by atoms with van der Waals surface area (Å²) in [4.78, 5) is 21.5. The van der Waals surface area contributed by atoms with Crippen molar-refractivity contribution < 1.29 is 17.9 Å². The predicted molar refractivity (Wildman–Crippen MR) is 120 cm³/mol. The van der Waals surface area contributed by atoms with Gasteiger partial charge in [0.25, 0.3) is 5.56 Å². The van der Waals surface area contributed by atoms with Gasteiger partial charge in [0.05, 0.1) is 18.6 Å². The van der Waals surface area contributed by atoms with E-state index in [0.717, 1.165) is 24.8 Å². The van der Waals surface area contributed by atoms with Crippen LogP contribution in [0, 0.1) is 0 Å². The van der Waals surface area contributed by atoms with E-state index in [-0.39, 0.29) is 30.7 Å². The minimum atomic E-state index is -4.27. The highest BCUT2D eigenvalue weighted by Gasteiger charge is 2.39. The number of fused-ring (bicyclic) bond motifs is 3. The second-order valence-corrected chi connectivity index (χ2v) is 9.31. The molecule has 1 aromatic carbocycles. The van der Waals surface area contributed by atoms with Crippen LogP contribution in [0.25, 0.3) is 0 Å². The van der Waals surface area contributed by atoms with E-state index in [4.69, 9.17) is 9.72 Å². The Morgan fingerprint density at radius 1 is 1.06 bits per heavy atom. The molecule has 178 valence electrons. The molecule has 0 amide bonds. The van der Waals surface area contributed by atoms with Crippen molar-refractivity contribution >= 4 is 11.8 Å². The number of halogens is 3. The van der Waals surface area contributed by atoms with Crippen molar-refractivity contribution in [3.8, 4) is 0 Å². The van der Waals surface area contributed by atoms with Crippen LogP contribution in [-0.2, 0) is 17.7 Å². The fourth-order valence-electron chi connectivity index (χ4n) is 5.33. The quantitative estimate of drug-likeness (QED) is 0.654. The summed E-state index contributed by atoms with van der Waals surface area (Å²) in [5, 5.41) is 0. The van der Waals surface area contributed by atoms with E-state index in [9.17, 15) is 18.0 Å². The third kappa shape index (κ3) is 5.03. The zero-order valence-electron chi connectivity index (χ0n) is 18.5. The summed E-state index contributed by atoms with van der Waals surface area (Å²) in [7, 11) is 0. The molecule has 4 heterocycles. The van der Waals surface area contributed by atoms with E-state index >= 15 is 0 Å². The summed E-state index contributed by atoms with van der Waals surface area (Å²) in [5.74, 6) is 0.914. The molecule has 0 aliphatic carbocycles. The molecule has 3 aliphatic rings. The first-order valence-electron chi connectivity index (χ1n) is 11.8. The number of ether oxygens (including phenoxy) is 1. The first kappa shape index (κ1) is 22.3. The van der Waals surface area contributed by atoms with E-state index < -0.39 is 18.6 Å². The van der Waals surface area contributed by atoms with Crippen LogP contribution in [0.1, 0.15) is 37.7 Å². The Morgan fingerprint density at radius 3 is 2.48 bits per heavy atom. The average molecular weight is 463 g/mol. The number of morpholine rings is 1. The minimum absolute atomic E-state index is 0.129. The van der Waals surface area contributed by atoms with E-state index in [0.29, 0.717) is 37.8 Å². The second-order valence-electron chi connectivity index (χ2n) is 9.31. The van der Waals surface area contributed by atoms with Crippen LogP contribution in [0.3, 0.4) is 0 Å². The number of hydrogen-bond donors (Lipinski definition) is 0. The highest BCUT2D eigenvalue weighted by atomic mass is 19.4. The molecule has 0 N–H and O–H groups in total. The fourth-order valence-corrected chi connectivity index (χ4v) is 5.33. The van der Waals surface area contributed by atoms with Crippen molar-refractivity contribution in [3.63, 3.8) is 0 Å². The van der Waals surface area contributed by atoms with Gasteiger partial charge >= 0.3 is 6.18 Å². The van der Waals surface area contributed by atoms with Gasteiger partial charge in [-0.05, 0) is 37.7 Å². The Hall–Kier alpha value is -2.55. The zero-order valence-corrected chi connectivity index (χ0v) is 18.5. The monoisotopic (exact) mass is 462 g/mol. The number of alkyl halides is 3. The maximum absolute atomic E-state index is 13.4. The molecule has 2 fully saturated rings. The Balaban J connectivity index is 1.42. The summed E-state index contributed by atoms with van der Waals surface area (Å²) in [6, 6.07) is 10.7. The second kappa shape index (κ2) is 9.00. The molecule has 9 heteroatoms. The van der Waals surface area contributed by atoms with Crippen molar-refractivity contribution in [2.24, 2.45) is 0 Å². The molecular formula is C24H29F3N4O2. The normalized spacial score (nSPS) is 24.8. The van der Waals surface area contributed by atoms with Gasteiger partial charge in [-0.3, -0.25) is 9.36 Å². The highest BCUT2D eigenvalue weighted by molar-refractivity contribution is 5.47. The fraction of sp³-hybridized carbons (Fsp3) is 0.583. The SMILES string of the molecule is O=c1cc(N2CC3CCC(C2)O3)nc2n1CC[C@@H](CC(F)(F)F)N2CCCc1ccccc1. The number of nitrogens with zero attached hydrogens (tertiary/aromatic N) is 4. The molecule has 2 unspecified atom stereocenters. The van der Waals surface area contributed by atoms with E-state index in [1.807, 2.05) is 30.3 Å². The number of hydrogen-bond acceptors (Lipinski definition) is 5. The Labute approximate surface area is 191 Å². The molecule has 3 atom stereocenters. The highest BCUT2D eigenvalue weighted by Crippen LogP contribution is 2.33. The van der Waals surface area contributed by atoms with Gasteiger partial charge < -0.3 is 14.5 Å². The van der Waals surface area contributed by atoms with Crippen molar-refractivity contribution in [3.05, 3.63) is 52.3 Å². The van der Waals surface area contributed by atoms with Crippen LogP contribution in [0.5, 0.6) is 0 Å². The molecule has 0 radical (unpaired) electrons. The summed E-state index contributed by atoms with van der Waals surface area (Å²) in [6.45, 7) is 1.99.